The first-order valence-corrected chi connectivity index (χ1v) is 12.8. The fraction of sp³-hybridized carbons (Fsp3) is 0.467. The average molecular weight is 442 g/mol. The first-order valence-electron chi connectivity index (χ1n) is 12.8. The molecule has 3 nitrogen and oxygen atoms in total. The SMILES string of the molecule is CCCc1nc(-c2c(CC)cccc2CC)nc(C)c1CN(C)[C@H]1CCCc2ccccc21. The molecule has 1 aromatic heterocycles. The lowest BCUT2D eigenvalue weighted by molar-refractivity contribution is 0.212. The lowest BCUT2D eigenvalue weighted by atomic mass is 9.87. The Hall–Kier alpha value is -2.52. The van der Waals surface area contributed by atoms with E-state index in [1.54, 1.807) is 0 Å². The van der Waals surface area contributed by atoms with Crippen molar-refractivity contribution in [2.45, 2.75) is 85.2 Å². The van der Waals surface area contributed by atoms with Crippen LogP contribution < -0.4 is 0 Å². The molecule has 0 radical (unpaired) electrons. The summed E-state index contributed by atoms with van der Waals surface area (Å²) in [5, 5.41) is 0. The third kappa shape index (κ3) is 4.89. The van der Waals surface area contributed by atoms with E-state index in [1.165, 1.54) is 58.3 Å². The molecule has 0 N–H and O–H groups in total. The molecular weight excluding hydrogens is 402 g/mol. The Kier molecular flexibility index (Phi) is 7.60. The molecule has 3 heteroatoms. The highest BCUT2D eigenvalue weighted by Crippen LogP contribution is 2.35. The zero-order valence-electron chi connectivity index (χ0n) is 21.1. The summed E-state index contributed by atoms with van der Waals surface area (Å²) >= 11 is 0. The van der Waals surface area contributed by atoms with Gasteiger partial charge in [0, 0.05) is 35.1 Å². The van der Waals surface area contributed by atoms with Crippen LogP contribution in [0.25, 0.3) is 11.4 Å². The predicted octanol–water partition coefficient (Wildman–Crippen LogP) is 7.04. The minimum atomic E-state index is 0.469. The lowest BCUT2D eigenvalue weighted by Gasteiger charge is -2.34. The van der Waals surface area contributed by atoms with Crippen molar-refractivity contribution in [2.75, 3.05) is 7.05 Å². The van der Waals surface area contributed by atoms with E-state index in [0.717, 1.165) is 43.7 Å². The van der Waals surface area contributed by atoms with Gasteiger partial charge in [0.05, 0.1) is 0 Å². The molecule has 0 bridgehead atoms. The maximum absolute atomic E-state index is 5.22. The van der Waals surface area contributed by atoms with E-state index < -0.39 is 0 Å². The van der Waals surface area contributed by atoms with Gasteiger partial charge in [-0.05, 0) is 74.8 Å². The normalized spacial score (nSPS) is 15.6. The van der Waals surface area contributed by atoms with Crippen molar-refractivity contribution in [3.63, 3.8) is 0 Å². The van der Waals surface area contributed by atoms with Crippen LogP contribution in [-0.4, -0.2) is 21.9 Å². The zero-order chi connectivity index (χ0) is 23.4. The Morgan fingerprint density at radius 3 is 2.36 bits per heavy atom. The minimum absolute atomic E-state index is 0.469. The molecule has 0 spiro atoms. The van der Waals surface area contributed by atoms with Crippen LogP contribution in [0.15, 0.2) is 42.5 Å². The van der Waals surface area contributed by atoms with E-state index in [-0.39, 0.29) is 0 Å². The van der Waals surface area contributed by atoms with Crippen LogP contribution in [0.3, 0.4) is 0 Å². The summed E-state index contributed by atoms with van der Waals surface area (Å²) in [5.41, 5.74) is 10.6. The molecule has 1 aliphatic carbocycles. The Labute approximate surface area is 200 Å². The van der Waals surface area contributed by atoms with Crippen molar-refractivity contribution in [1.29, 1.82) is 0 Å². The van der Waals surface area contributed by atoms with Crippen molar-refractivity contribution >= 4 is 0 Å². The van der Waals surface area contributed by atoms with Gasteiger partial charge in [-0.3, -0.25) is 4.90 Å². The molecule has 0 unspecified atom stereocenters. The molecule has 1 atom stereocenters. The highest BCUT2D eigenvalue weighted by molar-refractivity contribution is 5.65. The smallest absolute Gasteiger partial charge is 0.160 e. The fourth-order valence-electron chi connectivity index (χ4n) is 5.49. The van der Waals surface area contributed by atoms with Crippen LogP contribution in [0.5, 0.6) is 0 Å². The molecule has 0 saturated heterocycles. The molecule has 0 fully saturated rings. The van der Waals surface area contributed by atoms with Crippen LogP contribution in [0.1, 0.15) is 85.3 Å². The molecule has 4 rings (SSSR count). The van der Waals surface area contributed by atoms with Gasteiger partial charge in [-0.2, -0.15) is 0 Å². The summed E-state index contributed by atoms with van der Waals surface area (Å²) in [6.45, 7) is 9.78. The van der Waals surface area contributed by atoms with E-state index >= 15 is 0 Å². The Morgan fingerprint density at radius 2 is 1.67 bits per heavy atom. The average Bonchev–Trinajstić information content (AvgIpc) is 2.85. The number of aryl methyl sites for hydroxylation is 5. The zero-order valence-corrected chi connectivity index (χ0v) is 21.1. The second-order valence-corrected chi connectivity index (χ2v) is 9.49. The second-order valence-electron chi connectivity index (χ2n) is 9.49. The largest absolute Gasteiger partial charge is 0.295 e. The third-order valence-corrected chi connectivity index (χ3v) is 7.29. The van der Waals surface area contributed by atoms with Crippen molar-refractivity contribution in [3.8, 4) is 11.4 Å². The van der Waals surface area contributed by atoms with E-state index in [2.05, 4.69) is 82.1 Å². The van der Waals surface area contributed by atoms with Gasteiger partial charge in [-0.1, -0.05) is 69.7 Å². The lowest BCUT2D eigenvalue weighted by Crippen LogP contribution is -2.28. The van der Waals surface area contributed by atoms with Gasteiger partial charge < -0.3 is 0 Å². The molecule has 1 aliphatic rings. The molecule has 3 aromatic rings. The van der Waals surface area contributed by atoms with Crippen LogP contribution in [0.2, 0.25) is 0 Å². The quantitative estimate of drug-likeness (QED) is 0.375. The van der Waals surface area contributed by atoms with Crippen molar-refractivity contribution in [2.24, 2.45) is 0 Å². The van der Waals surface area contributed by atoms with Gasteiger partial charge in [-0.25, -0.2) is 9.97 Å². The second kappa shape index (κ2) is 10.6. The number of fused-ring (bicyclic) bond motifs is 1. The summed E-state index contributed by atoms with van der Waals surface area (Å²) < 4.78 is 0. The standard InChI is InChI=1S/C30H39N3/c1-6-13-27-26(20-33(5)28-19-12-17-24-14-9-10-18-25(24)28)21(4)31-30(32-27)29-22(7-2)15-11-16-23(29)8-3/h9-11,14-16,18,28H,6-8,12-13,17,19-20H2,1-5H3/t28-/m0/s1. The molecule has 33 heavy (non-hydrogen) atoms. The summed E-state index contributed by atoms with van der Waals surface area (Å²) in [7, 11) is 2.28. The third-order valence-electron chi connectivity index (χ3n) is 7.29. The summed E-state index contributed by atoms with van der Waals surface area (Å²) in [6, 6.07) is 16.1. The van der Waals surface area contributed by atoms with Gasteiger partial charge in [0.25, 0.3) is 0 Å². The predicted molar refractivity (Wildman–Crippen MR) is 139 cm³/mol. The summed E-state index contributed by atoms with van der Waals surface area (Å²) in [6.07, 6.45) is 7.77. The molecule has 2 aromatic carbocycles. The van der Waals surface area contributed by atoms with Crippen molar-refractivity contribution in [3.05, 3.63) is 81.7 Å². The maximum Gasteiger partial charge on any atom is 0.160 e. The van der Waals surface area contributed by atoms with Gasteiger partial charge in [0.1, 0.15) is 0 Å². The molecule has 0 saturated carbocycles. The molecule has 1 heterocycles. The Bertz CT molecular complexity index is 1080. The van der Waals surface area contributed by atoms with Gasteiger partial charge >= 0.3 is 0 Å². The highest BCUT2D eigenvalue weighted by Gasteiger charge is 2.25. The van der Waals surface area contributed by atoms with E-state index in [9.17, 15) is 0 Å². The highest BCUT2D eigenvalue weighted by atomic mass is 15.1. The number of rotatable bonds is 8. The summed E-state index contributed by atoms with van der Waals surface area (Å²) in [4.78, 5) is 12.9. The van der Waals surface area contributed by atoms with Crippen LogP contribution >= 0.6 is 0 Å². The van der Waals surface area contributed by atoms with Gasteiger partial charge in [0.2, 0.25) is 0 Å². The van der Waals surface area contributed by atoms with Crippen molar-refractivity contribution < 1.29 is 0 Å². The Balaban J connectivity index is 1.71. The monoisotopic (exact) mass is 441 g/mol. The molecule has 0 aliphatic heterocycles. The van der Waals surface area contributed by atoms with E-state index in [1.807, 2.05) is 0 Å². The van der Waals surface area contributed by atoms with Crippen LogP contribution in [-0.2, 0) is 32.2 Å². The molecular formula is C30H39N3. The van der Waals surface area contributed by atoms with Crippen LogP contribution in [0.4, 0.5) is 0 Å². The number of hydrogen-bond donors (Lipinski definition) is 0. The fourth-order valence-corrected chi connectivity index (χ4v) is 5.49. The van der Waals surface area contributed by atoms with Gasteiger partial charge in [-0.15, -0.1) is 0 Å². The molecule has 0 amide bonds. The molecule has 174 valence electrons. The number of nitrogens with zero attached hydrogens (tertiary/aromatic N) is 3. The number of benzene rings is 2. The maximum atomic E-state index is 5.22. The first kappa shape index (κ1) is 23.6. The van der Waals surface area contributed by atoms with Crippen molar-refractivity contribution in [1.82, 2.24) is 14.9 Å². The minimum Gasteiger partial charge on any atom is -0.295 e. The number of aromatic nitrogens is 2. The topological polar surface area (TPSA) is 29.0 Å². The van der Waals surface area contributed by atoms with Crippen LogP contribution in [0, 0.1) is 6.92 Å². The summed E-state index contributed by atoms with van der Waals surface area (Å²) in [5.74, 6) is 0.916. The van der Waals surface area contributed by atoms with Gasteiger partial charge in [0.15, 0.2) is 5.82 Å². The Morgan fingerprint density at radius 1 is 0.939 bits per heavy atom. The van der Waals surface area contributed by atoms with E-state index in [0.29, 0.717) is 6.04 Å². The first-order chi connectivity index (χ1) is 16.1. The van der Waals surface area contributed by atoms with E-state index in [4.69, 9.17) is 9.97 Å². The number of hydrogen-bond acceptors (Lipinski definition) is 3.